The van der Waals surface area contributed by atoms with E-state index in [1.165, 1.54) is 148 Å². The van der Waals surface area contributed by atoms with Gasteiger partial charge in [0.05, 0.1) is 12.4 Å². The maximum absolute atomic E-state index is 5.74. The van der Waals surface area contributed by atoms with Crippen molar-refractivity contribution >= 4 is 0 Å². The van der Waals surface area contributed by atoms with Crippen LogP contribution in [0, 0.1) is 0 Å². The summed E-state index contributed by atoms with van der Waals surface area (Å²) in [6, 6.07) is 0. The average molecular weight is 409 g/mol. The molecule has 0 rings (SSSR count). The van der Waals surface area contributed by atoms with Crippen LogP contribution in [0.4, 0.5) is 0 Å². The van der Waals surface area contributed by atoms with Gasteiger partial charge < -0.3 is 4.74 Å². The highest BCUT2D eigenvalue weighted by Crippen LogP contribution is 2.17. The molecule has 0 amide bonds. The van der Waals surface area contributed by atoms with E-state index in [-0.39, 0.29) is 0 Å². The van der Waals surface area contributed by atoms with E-state index in [1.807, 2.05) is 0 Å². The number of hydrogen-bond acceptors (Lipinski definition) is 1. The molecule has 0 N–H and O–H groups in total. The van der Waals surface area contributed by atoms with Crippen LogP contribution in [0.2, 0.25) is 0 Å². The van der Waals surface area contributed by atoms with Gasteiger partial charge in [0.1, 0.15) is 0 Å². The van der Waals surface area contributed by atoms with Gasteiger partial charge in [0.2, 0.25) is 0 Å². The standard InChI is InChI=1S/C28H56O/c1-4-7-9-11-12-13-14-15-16-17-18-19-20-21-23-25-27-28(29-6-3)26-24-22-10-8-5-2/h6,28H,3-5,7-27H2,1-2H3. The second-order valence-electron chi connectivity index (χ2n) is 9.22. The van der Waals surface area contributed by atoms with E-state index in [9.17, 15) is 0 Å². The molecule has 0 bridgehead atoms. The zero-order valence-corrected chi connectivity index (χ0v) is 20.5. The Balaban J connectivity index is 3.30. The quantitative estimate of drug-likeness (QED) is 0.108. The molecule has 0 fully saturated rings. The van der Waals surface area contributed by atoms with E-state index < -0.39 is 0 Å². The van der Waals surface area contributed by atoms with Gasteiger partial charge in [-0.3, -0.25) is 0 Å². The third-order valence-corrected chi connectivity index (χ3v) is 6.30. The Morgan fingerprint density at radius 2 is 0.759 bits per heavy atom. The lowest BCUT2D eigenvalue weighted by Crippen LogP contribution is -2.09. The molecule has 1 heteroatoms. The van der Waals surface area contributed by atoms with Gasteiger partial charge in [0.25, 0.3) is 0 Å². The van der Waals surface area contributed by atoms with Crippen molar-refractivity contribution in [2.45, 2.75) is 168 Å². The van der Waals surface area contributed by atoms with Gasteiger partial charge in [-0.2, -0.15) is 0 Å². The lowest BCUT2D eigenvalue weighted by molar-refractivity contribution is 0.121. The van der Waals surface area contributed by atoms with Crippen LogP contribution in [-0.2, 0) is 4.74 Å². The predicted octanol–water partition coefficient (Wildman–Crippen LogP) is 10.5. The lowest BCUT2D eigenvalue weighted by Gasteiger charge is -2.16. The van der Waals surface area contributed by atoms with Crippen molar-refractivity contribution < 1.29 is 4.74 Å². The first-order valence-electron chi connectivity index (χ1n) is 13.6. The van der Waals surface area contributed by atoms with Crippen molar-refractivity contribution in [1.82, 2.24) is 0 Å². The fraction of sp³-hybridized carbons (Fsp3) is 0.929. The van der Waals surface area contributed by atoms with Crippen molar-refractivity contribution in [2.24, 2.45) is 0 Å². The molecule has 0 aromatic rings. The Morgan fingerprint density at radius 3 is 1.03 bits per heavy atom. The van der Waals surface area contributed by atoms with Gasteiger partial charge in [-0.15, -0.1) is 0 Å². The van der Waals surface area contributed by atoms with Gasteiger partial charge in [-0.25, -0.2) is 0 Å². The average Bonchev–Trinajstić information content (AvgIpc) is 2.73. The summed E-state index contributed by atoms with van der Waals surface area (Å²) in [6.45, 7) is 8.34. The second kappa shape index (κ2) is 25.6. The third kappa shape index (κ3) is 23.7. The summed E-state index contributed by atoms with van der Waals surface area (Å²) in [5.74, 6) is 0. The summed E-state index contributed by atoms with van der Waals surface area (Å²) < 4.78 is 5.74. The highest BCUT2D eigenvalue weighted by atomic mass is 16.5. The van der Waals surface area contributed by atoms with Gasteiger partial charge >= 0.3 is 0 Å². The summed E-state index contributed by atoms with van der Waals surface area (Å²) in [7, 11) is 0. The maximum Gasteiger partial charge on any atom is 0.0978 e. The number of hydrogen-bond donors (Lipinski definition) is 0. The number of unbranched alkanes of at least 4 members (excludes halogenated alkanes) is 19. The molecule has 0 aliphatic carbocycles. The Morgan fingerprint density at radius 1 is 0.483 bits per heavy atom. The summed E-state index contributed by atoms with van der Waals surface area (Å²) in [5, 5.41) is 0. The van der Waals surface area contributed by atoms with E-state index in [1.54, 1.807) is 6.26 Å². The molecule has 0 saturated heterocycles. The first-order chi connectivity index (χ1) is 14.3. The number of rotatable bonds is 25. The first kappa shape index (κ1) is 28.5. The van der Waals surface area contributed by atoms with Gasteiger partial charge in [0, 0.05) is 0 Å². The molecule has 0 radical (unpaired) electrons. The molecule has 0 aromatic heterocycles. The SMILES string of the molecule is C=COC(CCCCCCC)CCCCCCCCCCCCCCCCCC. The minimum atomic E-state index is 0.417. The lowest BCUT2D eigenvalue weighted by atomic mass is 10.0. The normalized spacial score (nSPS) is 12.2. The first-order valence-corrected chi connectivity index (χ1v) is 13.6. The van der Waals surface area contributed by atoms with E-state index in [0.717, 1.165) is 0 Å². The van der Waals surface area contributed by atoms with E-state index in [2.05, 4.69) is 20.4 Å². The highest BCUT2D eigenvalue weighted by Gasteiger charge is 2.07. The largest absolute Gasteiger partial charge is 0.499 e. The van der Waals surface area contributed by atoms with Gasteiger partial charge in [-0.05, 0) is 25.7 Å². The van der Waals surface area contributed by atoms with Crippen LogP contribution in [0.3, 0.4) is 0 Å². The van der Waals surface area contributed by atoms with E-state index >= 15 is 0 Å². The molecule has 29 heavy (non-hydrogen) atoms. The summed E-state index contributed by atoms with van der Waals surface area (Å²) in [6.07, 6.45) is 34.3. The summed E-state index contributed by atoms with van der Waals surface area (Å²) in [5.41, 5.74) is 0. The molecule has 0 aliphatic rings. The maximum atomic E-state index is 5.74. The fourth-order valence-electron chi connectivity index (χ4n) is 4.31. The molecular formula is C28H56O. The van der Waals surface area contributed by atoms with E-state index in [4.69, 9.17) is 4.74 Å². The Bertz CT molecular complexity index is 299. The zero-order chi connectivity index (χ0) is 21.3. The van der Waals surface area contributed by atoms with Crippen molar-refractivity contribution in [3.05, 3.63) is 12.8 Å². The van der Waals surface area contributed by atoms with Crippen molar-refractivity contribution in [2.75, 3.05) is 0 Å². The van der Waals surface area contributed by atoms with Crippen LogP contribution in [0.1, 0.15) is 162 Å². The highest BCUT2D eigenvalue weighted by molar-refractivity contribution is 4.64. The van der Waals surface area contributed by atoms with Crippen LogP contribution in [-0.4, -0.2) is 6.10 Å². The topological polar surface area (TPSA) is 9.23 Å². The van der Waals surface area contributed by atoms with Crippen molar-refractivity contribution in [1.29, 1.82) is 0 Å². The molecule has 0 heterocycles. The summed E-state index contributed by atoms with van der Waals surface area (Å²) >= 11 is 0. The molecule has 1 nitrogen and oxygen atoms in total. The van der Waals surface area contributed by atoms with E-state index in [0.29, 0.717) is 6.10 Å². The minimum Gasteiger partial charge on any atom is -0.499 e. The van der Waals surface area contributed by atoms with Crippen molar-refractivity contribution in [3.63, 3.8) is 0 Å². The van der Waals surface area contributed by atoms with Gasteiger partial charge in [-0.1, -0.05) is 142 Å². The fourth-order valence-corrected chi connectivity index (χ4v) is 4.31. The molecule has 0 saturated carbocycles. The van der Waals surface area contributed by atoms with Gasteiger partial charge in [0.15, 0.2) is 0 Å². The second-order valence-corrected chi connectivity index (χ2v) is 9.22. The molecule has 0 aromatic carbocycles. The van der Waals surface area contributed by atoms with Crippen molar-refractivity contribution in [3.8, 4) is 0 Å². The Labute approximate surface area is 185 Å². The zero-order valence-electron chi connectivity index (χ0n) is 20.5. The third-order valence-electron chi connectivity index (χ3n) is 6.30. The smallest absolute Gasteiger partial charge is 0.0978 e. The summed E-state index contributed by atoms with van der Waals surface area (Å²) in [4.78, 5) is 0. The predicted molar refractivity (Wildman–Crippen MR) is 133 cm³/mol. The molecule has 174 valence electrons. The molecular weight excluding hydrogens is 352 g/mol. The number of ether oxygens (including phenoxy) is 1. The van der Waals surface area contributed by atoms with Crippen LogP contribution in [0.15, 0.2) is 12.8 Å². The molecule has 0 aliphatic heterocycles. The van der Waals surface area contributed by atoms with Crippen LogP contribution < -0.4 is 0 Å². The van der Waals surface area contributed by atoms with Crippen LogP contribution in [0.5, 0.6) is 0 Å². The molecule has 1 atom stereocenters. The minimum absolute atomic E-state index is 0.417. The molecule has 1 unspecified atom stereocenters. The monoisotopic (exact) mass is 408 g/mol. The Kier molecular flexibility index (Phi) is 25.2. The molecule has 0 spiro atoms. The Hall–Kier alpha value is -0.460. The van der Waals surface area contributed by atoms with Crippen LogP contribution in [0.25, 0.3) is 0 Å². The van der Waals surface area contributed by atoms with Crippen LogP contribution >= 0.6 is 0 Å².